The number of aromatic nitrogens is 2. The molecule has 0 aliphatic carbocycles. The van der Waals surface area contributed by atoms with Crippen LogP contribution in [-0.4, -0.2) is 57.7 Å². The first-order valence-corrected chi connectivity index (χ1v) is 13.0. The van der Waals surface area contributed by atoms with Crippen molar-refractivity contribution in [3.63, 3.8) is 0 Å². The number of hydrogen-bond acceptors (Lipinski definition) is 6. The summed E-state index contributed by atoms with van der Waals surface area (Å²) in [6.07, 6.45) is 4.07. The predicted octanol–water partition coefficient (Wildman–Crippen LogP) is 5.33. The average Bonchev–Trinajstić information content (AvgIpc) is 3.44. The molecule has 0 bridgehead atoms. The Morgan fingerprint density at radius 1 is 1.14 bits per heavy atom. The van der Waals surface area contributed by atoms with E-state index >= 15 is 0 Å². The number of thioether (sulfide) groups is 1. The number of aliphatic imine (C=N–C) groups is 1. The molecule has 2 aliphatic heterocycles. The van der Waals surface area contributed by atoms with E-state index in [-0.39, 0.29) is 18.1 Å². The summed E-state index contributed by atoms with van der Waals surface area (Å²) in [7, 11) is 0. The molecule has 0 radical (unpaired) electrons. The van der Waals surface area contributed by atoms with Crippen LogP contribution in [0.1, 0.15) is 31.9 Å². The maximum Gasteiger partial charge on any atom is 0.286 e. The molecule has 2 atom stereocenters. The summed E-state index contributed by atoms with van der Waals surface area (Å²) < 4.78 is 13.4. The van der Waals surface area contributed by atoms with E-state index in [0.29, 0.717) is 11.5 Å². The third-order valence-corrected chi connectivity index (χ3v) is 7.14. The zero-order valence-electron chi connectivity index (χ0n) is 21.0. The standard InChI is InChI=1S/C28H30N4O3S/c1-5-34-24-12-11-21(13-18(24)2)26-22(17-32(30-26)23-9-7-6-8-10-23)14-25-27(33)29-28(36-25)31-15-19(3)35-20(4)16-31/h6-14,17,19-20H,5,15-16H2,1-4H3/b25-14+. The number of carbonyl (C=O) groups excluding carboxylic acids is 1. The fourth-order valence-corrected chi connectivity index (χ4v) is 5.48. The smallest absolute Gasteiger partial charge is 0.286 e. The molecule has 36 heavy (non-hydrogen) atoms. The van der Waals surface area contributed by atoms with Crippen LogP contribution < -0.4 is 4.74 Å². The second kappa shape index (κ2) is 10.3. The molecular formula is C28H30N4O3S. The molecule has 1 fully saturated rings. The summed E-state index contributed by atoms with van der Waals surface area (Å²) in [6, 6.07) is 16.0. The molecule has 0 spiro atoms. The van der Waals surface area contributed by atoms with Crippen LogP contribution in [0, 0.1) is 6.92 Å². The Kier molecular flexibility index (Phi) is 6.98. The highest BCUT2D eigenvalue weighted by atomic mass is 32.2. The number of para-hydroxylation sites is 1. The van der Waals surface area contributed by atoms with Crippen LogP contribution in [0.5, 0.6) is 5.75 Å². The first-order valence-electron chi connectivity index (χ1n) is 12.2. The Hall–Kier alpha value is -3.36. The average molecular weight is 503 g/mol. The minimum absolute atomic E-state index is 0.0961. The van der Waals surface area contributed by atoms with Gasteiger partial charge in [-0.15, -0.1) is 0 Å². The number of rotatable bonds is 5. The molecule has 5 rings (SSSR count). The van der Waals surface area contributed by atoms with Gasteiger partial charge in [0.05, 0.1) is 29.4 Å². The maximum absolute atomic E-state index is 12.9. The molecule has 1 amide bonds. The van der Waals surface area contributed by atoms with Crippen molar-refractivity contribution in [1.82, 2.24) is 14.7 Å². The van der Waals surface area contributed by atoms with Gasteiger partial charge in [0.15, 0.2) is 5.17 Å². The highest BCUT2D eigenvalue weighted by molar-refractivity contribution is 8.18. The number of nitrogens with zero attached hydrogens (tertiary/aromatic N) is 4. The number of aryl methyl sites for hydroxylation is 1. The molecule has 7 nitrogen and oxygen atoms in total. The van der Waals surface area contributed by atoms with E-state index in [1.54, 1.807) is 0 Å². The highest BCUT2D eigenvalue weighted by Crippen LogP contribution is 2.35. The summed E-state index contributed by atoms with van der Waals surface area (Å²) in [4.78, 5) is 20.0. The fraction of sp³-hybridized carbons (Fsp3) is 0.321. The normalized spacial score (nSPS) is 21.2. The van der Waals surface area contributed by atoms with Crippen molar-refractivity contribution in [1.29, 1.82) is 0 Å². The van der Waals surface area contributed by atoms with Crippen LogP contribution in [0.15, 0.2) is 64.6 Å². The minimum atomic E-state index is -0.219. The van der Waals surface area contributed by atoms with Crippen LogP contribution in [0.2, 0.25) is 0 Å². The monoisotopic (exact) mass is 502 g/mol. The molecule has 2 aromatic carbocycles. The molecule has 0 saturated carbocycles. The lowest BCUT2D eigenvalue weighted by molar-refractivity contribution is -0.113. The van der Waals surface area contributed by atoms with Crippen molar-refractivity contribution in [2.24, 2.45) is 4.99 Å². The van der Waals surface area contributed by atoms with Crippen LogP contribution in [0.3, 0.4) is 0 Å². The molecule has 2 aliphatic rings. The van der Waals surface area contributed by atoms with E-state index in [0.717, 1.165) is 52.1 Å². The number of morpholine rings is 1. The van der Waals surface area contributed by atoms with E-state index in [1.165, 1.54) is 11.8 Å². The van der Waals surface area contributed by atoms with Gasteiger partial charge in [0.25, 0.3) is 5.91 Å². The summed E-state index contributed by atoms with van der Waals surface area (Å²) in [5, 5.41) is 5.65. The highest BCUT2D eigenvalue weighted by Gasteiger charge is 2.31. The van der Waals surface area contributed by atoms with Crippen molar-refractivity contribution in [2.75, 3.05) is 19.7 Å². The van der Waals surface area contributed by atoms with E-state index in [1.807, 2.05) is 87.1 Å². The van der Waals surface area contributed by atoms with Crippen LogP contribution in [-0.2, 0) is 9.53 Å². The van der Waals surface area contributed by atoms with Gasteiger partial charge in [-0.3, -0.25) is 4.79 Å². The maximum atomic E-state index is 12.9. The Morgan fingerprint density at radius 3 is 2.58 bits per heavy atom. The molecular weight excluding hydrogens is 472 g/mol. The summed E-state index contributed by atoms with van der Waals surface area (Å²) in [6.45, 7) is 10.2. The van der Waals surface area contributed by atoms with Crippen LogP contribution in [0.25, 0.3) is 23.0 Å². The first kappa shape index (κ1) is 24.3. The van der Waals surface area contributed by atoms with Gasteiger partial charge in [0, 0.05) is 30.4 Å². The van der Waals surface area contributed by atoms with Gasteiger partial charge in [-0.05, 0) is 81.4 Å². The molecule has 1 aromatic heterocycles. The van der Waals surface area contributed by atoms with Crippen molar-refractivity contribution in [3.05, 3.63) is 70.8 Å². The zero-order chi connectivity index (χ0) is 25.2. The van der Waals surface area contributed by atoms with Crippen molar-refractivity contribution in [2.45, 2.75) is 39.9 Å². The molecule has 3 heterocycles. The third kappa shape index (κ3) is 5.10. The summed E-state index contributed by atoms with van der Waals surface area (Å²) in [5.74, 6) is 0.639. The van der Waals surface area contributed by atoms with Crippen molar-refractivity contribution >= 4 is 28.9 Å². The number of benzene rings is 2. The predicted molar refractivity (Wildman–Crippen MR) is 144 cm³/mol. The van der Waals surface area contributed by atoms with Gasteiger partial charge >= 0.3 is 0 Å². The number of amidine groups is 1. The lowest BCUT2D eigenvalue weighted by atomic mass is 10.0. The lowest BCUT2D eigenvalue weighted by Crippen LogP contribution is -2.47. The molecule has 0 N–H and O–H groups in total. The van der Waals surface area contributed by atoms with Crippen molar-refractivity contribution < 1.29 is 14.3 Å². The van der Waals surface area contributed by atoms with Gasteiger partial charge in [-0.25, -0.2) is 4.68 Å². The van der Waals surface area contributed by atoms with Gasteiger partial charge in [0.1, 0.15) is 11.4 Å². The Labute approximate surface area is 215 Å². The number of hydrogen-bond donors (Lipinski definition) is 0. The van der Waals surface area contributed by atoms with E-state index < -0.39 is 0 Å². The second-order valence-corrected chi connectivity index (χ2v) is 10.1. The summed E-state index contributed by atoms with van der Waals surface area (Å²) >= 11 is 1.42. The minimum Gasteiger partial charge on any atom is -0.494 e. The first-order chi connectivity index (χ1) is 17.4. The van der Waals surface area contributed by atoms with Crippen LogP contribution in [0.4, 0.5) is 0 Å². The van der Waals surface area contributed by atoms with E-state index in [2.05, 4.69) is 16.0 Å². The van der Waals surface area contributed by atoms with Gasteiger partial charge in [-0.2, -0.15) is 10.1 Å². The molecule has 2 unspecified atom stereocenters. The zero-order valence-corrected chi connectivity index (χ0v) is 21.8. The van der Waals surface area contributed by atoms with Crippen LogP contribution >= 0.6 is 11.8 Å². The second-order valence-electron chi connectivity index (χ2n) is 9.10. The Balaban J connectivity index is 1.50. The molecule has 3 aromatic rings. The van der Waals surface area contributed by atoms with Gasteiger partial charge in [0.2, 0.25) is 0 Å². The van der Waals surface area contributed by atoms with Gasteiger partial charge in [-0.1, -0.05) is 18.2 Å². The molecule has 8 heteroatoms. The summed E-state index contributed by atoms with van der Waals surface area (Å²) in [5.41, 5.74) is 4.61. The van der Waals surface area contributed by atoms with E-state index in [4.69, 9.17) is 14.6 Å². The molecule has 186 valence electrons. The van der Waals surface area contributed by atoms with Crippen molar-refractivity contribution in [3.8, 4) is 22.7 Å². The van der Waals surface area contributed by atoms with E-state index in [9.17, 15) is 4.79 Å². The third-order valence-electron chi connectivity index (χ3n) is 6.10. The fourth-order valence-electron chi connectivity index (χ4n) is 4.55. The SMILES string of the molecule is CCOc1ccc(-c2nn(-c3ccccc3)cc2/C=C2/SC(N3CC(C)OC(C)C3)=NC2=O)cc1C. The quantitative estimate of drug-likeness (QED) is 0.440. The Bertz CT molecular complexity index is 1320. The van der Waals surface area contributed by atoms with Gasteiger partial charge < -0.3 is 14.4 Å². The molecule has 1 saturated heterocycles. The topological polar surface area (TPSA) is 68.9 Å². The number of amides is 1. The number of carbonyl (C=O) groups is 1. The number of ether oxygens (including phenoxy) is 2. The lowest BCUT2D eigenvalue weighted by Gasteiger charge is -2.35. The largest absolute Gasteiger partial charge is 0.494 e. The Morgan fingerprint density at radius 2 is 1.89 bits per heavy atom.